The maximum absolute atomic E-state index is 4.17. The lowest BCUT2D eigenvalue weighted by atomic mass is 10.1. The third-order valence-corrected chi connectivity index (χ3v) is 2.62. The highest BCUT2D eigenvalue weighted by Crippen LogP contribution is 2.15. The minimum absolute atomic E-state index is 0.205. The van der Waals surface area contributed by atoms with E-state index in [1.165, 1.54) is 5.56 Å². The van der Waals surface area contributed by atoms with Crippen LogP contribution in [0.15, 0.2) is 30.7 Å². The zero-order valence-electron chi connectivity index (χ0n) is 10.2. The van der Waals surface area contributed by atoms with Crippen LogP contribution in [-0.4, -0.2) is 26.5 Å². The van der Waals surface area contributed by atoms with Crippen LogP contribution in [0.25, 0.3) is 0 Å². The molecule has 2 rings (SSSR count). The van der Waals surface area contributed by atoms with Crippen LogP contribution in [0.4, 0.5) is 0 Å². The lowest BCUT2D eigenvalue weighted by Crippen LogP contribution is -2.23. The van der Waals surface area contributed by atoms with Crippen molar-refractivity contribution < 1.29 is 0 Å². The number of aryl methyl sites for hydroxylation is 1. The highest BCUT2D eigenvalue weighted by molar-refractivity contribution is 5.14. The molecule has 5 nitrogen and oxygen atoms in total. The van der Waals surface area contributed by atoms with Crippen molar-refractivity contribution in [2.45, 2.75) is 19.4 Å². The topological polar surface area (TPSA) is 55.6 Å². The van der Waals surface area contributed by atoms with Crippen molar-refractivity contribution in [2.24, 2.45) is 7.05 Å². The van der Waals surface area contributed by atoms with E-state index in [-0.39, 0.29) is 6.04 Å². The molecule has 0 saturated carbocycles. The van der Waals surface area contributed by atoms with E-state index in [0.29, 0.717) is 0 Å². The standard InChI is InChI=1S/C12H17N5/c1-3-14-11(12-9-17(2)16-15-12)8-10-4-6-13-7-5-10/h4-7,9,11,14H,3,8H2,1-2H3. The SMILES string of the molecule is CCNC(Cc1ccncc1)c1cn(C)nn1. The Labute approximate surface area is 101 Å². The second-order valence-electron chi connectivity index (χ2n) is 3.99. The third-order valence-electron chi connectivity index (χ3n) is 2.62. The zero-order valence-corrected chi connectivity index (χ0v) is 10.2. The van der Waals surface area contributed by atoms with Crippen molar-refractivity contribution in [3.8, 4) is 0 Å². The molecule has 0 aromatic carbocycles. The van der Waals surface area contributed by atoms with Crippen molar-refractivity contribution >= 4 is 0 Å². The van der Waals surface area contributed by atoms with Gasteiger partial charge in [-0.15, -0.1) is 5.10 Å². The van der Waals surface area contributed by atoms with Crippen molar-refractivity contribution in [2.75, 3.05) is 6.54 Å². The molecule has 2 aromatic rings. The van der Waals surface area contributed by atoms with E-state index in [0.717, 1.165) is 18.7 Å². The molecule has 0 aliphatic rings. The first-order valence-corrected chi connectivity index (χ1v) is 5.78. The number of hydrogen-bond donors (Lipinski definition) is 1. The van der Waals surface area contributed by atoms with E-state index in [2.05, 4.69) is 27.5 Å². The summed E-state index contributed by atoms with van der Waals surface area (Å²) in [6, 6.07) is 4.26. The Kier molecular flexibility index (Phi) is 3.82. The summed E-state index contributed by atoms with van der Waals surface area (Å²) in [5.74, 6) is 0. The van der Waals surface area contributed by atoms with Gasteiger partial charge in [0.25, 0.3) is 0 Å². The lowest BCUT2D eigenvalue weighted by molar-refractivity contribution is 0.535. The van der Waals surface area contributed by atoms with Gasteiger partial charge in [-0.05, 0) is 30.7 Å². The largest absolute Gasteiger partial charge is 0.309 e. The first kappa shape index (κ1) is 11.7. The molecule has 0 bridgehead atoms. The number of rotatable bonds is 5. The van der Waals surface area contributed by atoms with Gasteiger partial charge in [-0.2, -0.15) is 0 Å². The maximum Gasteiger partial charge on any atom is 0.0999 e. The highest BCUT2D eigenvalue weighted by Gasteiger charge is 2.14. The number of nitrogens with one attached hydrogen (secondary N) is 1. The van der Waals surface area contributed by atoms with Crippen molar-refractivity contribution in [1.82, 2.24) is 25.3 Å². The predicted molar refractivity (Wildman–Crippen MR) is 65.4 cm³/mol. The van der Waals surface area contributed by atoms with E-state index >= 15 is 0 Å². The zero-order chi connectivity index (χ0) is 12.1. The summed E-state index contributed by atoms with van der Waals surface area (Å²) < 4.78 is 1.73. The Hall–Kier alpha value is -1.75. The molecule has 1 atom stereocenters. The molecule has 2 heterocycles. The normalized spacial score (nSPS) is 12.6. The first-order chi connectivity index (χ1) is 8.29. The summed E-state index contributed by atoms with van der Waals surface area (Å²) in [6.45, 7) is 3.00. The summed E-state index contributed by atoms with van der Waals surface area (Å²) in [5, 5.41) is 11.6. The number of likely N-dealkylation sites (N-methyl/N-ethyl adjacent to an activating group) is 1. The fraction of sp³-hybridized carbons (Fsp3) is 0.417. The maximum atomic E-state index is 4.17. The summed E-state index contributed by atoms with van der Waals surface area (Å²) in [5.41, 5.74) is 2.22. The lowest BCUT2D eigenvalue weighted by Gasteiger charge is -2.14. The number of nitrogens with zero attached hydrogens (tertiary/aromatic N) is 4. The molecule has 5 heteroatoms. The van der Waals surface area contributed by atoms with Crippen molar-refractivity contribution in [3.63, 3.8) is 0 Å². The number of aromatic nitrogens is 4. The molecule has 17 heavy (non-hydrogen) atoms. The Bertz CT molecular complexity index is 451. The van der Waals surface area contributed by atoms with Gasteiger partial charge in [0.2, 0.25) is 0 Å². The smallest absolute Gasteiger partial charge is 0.0999 e. The quantitative estimate of drug-likeness (QED) is 0.837. The van der Waals surface area contributed by atoms with Gasteiger partial charge in [-0.1, -0.05) is 12.1 Å². The Morgan fingerprint density at radius 2 is 2.12 bits per heavy atom. The highest BCUT2D eigenvalue weighted by atomic mass is 15.4. The van der Waals surface area contributed by atoms with Crippen molar-refractivity contribution in [1.29, 1.82) is 0 Å². The van der Waals surface area contributed by atoms with Crippen LogP contribution in [0.3, 0.4) is 0 Å². The van der Waals surface area contributed by atoms with Crippen LogP contribution in [0.2, 0.25) is 0 Å². The van der Waals surface area contributed by atoms with E-state index in [9.17, 15) is 0 Å². The van der Waals surface area contributed by atoms with Gasteiger partial charge in [0.1, 0.15) is 0 Å². The van der Waals surface area contributed by atoms with E-state index in [1.54, 1.807) is 4.68 Å². The fourth-order valence-corrected chi connectivity index (χ4v) is 1.81. The second-order valence-corrected chi connectivity index (χ2v) is 3.99. The molecule has 0 amide bonds. The van der Waals surface area contributed by atoms with Crippen LogP contribution in [-0.2, 0) is 13.5 Å². The molecule has 1 unspecified atom stereocenters. The van der Waals surface area contributed by atoms with Gasteiger partial charge >= 0.3 is 0 Å². The first-order valence-electron chi connectivity index (χ1n) is 5.78. The van der Waals surface area contributed by atoms with E-state index in [4.69, 9.17) is 0 Å². The monoisotopic (exact) mass is 231 g/mol. The van der Waals surface area contributed by atoms with Crippen LogP contribution in [0.1, 0.15) is 24.2 Å². The Balaban J connectivity index is 2.13. The molecule has 0 radical (unpaired) electrons. The van der Waals surface area contributed by atoms with Gasteiger partial charge in [0, 0.05) is 25.6 Å². The Morgan fingerprint density at radius 1 is 1.35 bits per heavy atom. The second kappa shape index (κ2) is 5.54. The fourth-order valence-electron chi connectivity index (χ4n) is 1.81. The van der Waals surface area contributed by atoms with Crippen LogP contribution < -0.4 is 5.32 Å². The van der Waals surface area contributed by atoms with E-state index < -0.39 is 0 Å². The van der Waals surface area contributed by atoms with Gasteiger partial charge in [-0.25, -0.2) is 0 Å². The summed E-state index contributed by atoms with van der Waals surface area (Å²) >= 11 is 0. The average Bonchev–Trinajstić information content (AvgIpc) is 2.77. The van der Waals surface area contributed by atoms with Crippen LogP contribution >= 0.6 is 0 Å². The van der Waals surface area contributed by atoms with Gasteiger partial charge in [-0.3, -0.25) is 9.67 Å². The van der Waals surface area contributed by atoms with Crippen molar-refractivity contribution in [3.05, 3.63) is 42.0 Å². The third kappa shape index (κ3) is 3.10. The molecular formula is C12H17N5. The van der Waals surface area contributed by atoms with Crippen LogP contribution in [0, 0.1) is 0 Å². The molecule has 0 aliphatic heterocycles. The molecule has 0 saturated heterocycles. The minimum atomic E-state index is 0.205. The molecule has 0 aliphatic carbocycles. The van der Waals surface area contributed by atoms with Gasteiger partial charge in [0.15, 0.2) is 0 Å². The molecule has 1 N–H and O–H groups in total. The molecule has 0 spiro atoms. The van der Waals surface area contributed by atoms with E-state index in [1.807, 2.05) is 37.8 Å². The summed E-state index contributed by atoms with van der Waals surface area (Å²) in [7, 11) is 1.88. The molecule has 2 aromatic heterocycles. The number of pyridine rings is 1. The van der Waals surface area contributed by atoms with Gasteiger partial charge in [0.05, 0.1) is 11.7 Å². The summed E-state index contributed by atoms with van der Waals surface area (Å²) in [4.78, 5) is 4.02. The molecule has 90 valence electrons. The van der Waals surface area contributed by atoms with Gasteiger partial charge < -0.3 is 5.32 Å². The molecular weight excluding hydrogens is 214 g/mol. The average molecular weight is 231 g/mol. The number of hydrogen-bond acceptors (Lipinski definition) is 4. The predicted octanol–water partition coefficient (Wildman–Crippen LogP) is 1.10. The molecule has 0 fully saturated rings. The Morgan fingerprint density at radius 3 is 2.71 bits per heavy atom. The van der Waals surface area contributed by atoms with Crippen LogP contribution in [0.5, 0.6) is 0 Å². The summed E-state index contributed by atoms with van der Waals surface area (Å²) in [6.07, 6.45) is 6.48. The minimum Gasteiger partial charge on any atom is -0.309 e.